The zero-order valence-electron chi connectivity index (χ0n) is 11.1. The van der Waals surface area contributed by atoms with Crippen LogP contribution in [0, 0.1) is 6.92 Å². The highest BCUT2D eigenvalue weighted by Gasteiger charge is 2.07. The number of rotatable bonds is 5. The van der Waals surface area contributed by atoms with Gasteiger partial charge in [0.25, 0.3) is 0 Å². The molecule has 0 amide bonds. The predicted octanol–water partition coefficient (Wildman–Crippen LogP) is 3.90. The maximum absolute atomic E-state index is 11.4. The molecule has 1 aromatic carbocycles. The minimum absolute atomic E-state index is 0.112. The molecule has 1 rings (SSSR count). The fourth-order valence-corrected chi connectivity index (χ4v) is 1.51. The van der Waals surface area contributed by atoms with Crippen LogP contribution in [-0.2, 0) is 4.79 Å². The third-order valence-corrected chi connectivity index (χ3v) is 2.55. The van der Waals surface area contributed by atoms with Crippen molar-refractivity contribution in [2.24, 2.45) is 4.99 Å². The molecule has 0 saturated carbocycles. The molecule has 3 heteroatoms. The fourth-order valence-electron chi connectivity index (χ4n) is 1.51. The van der Waals surface area contributed by atoms with Gasteiger partial charge in [0, 0.05) is 12.6 Å². The molecule has 0 saturated heterocycles. The summed E-state index contributed by atoms with van der Waals surface area (Å²) in [5, 5.41) is 9.77. The number of aliphatic imine (C=N–C) groups is 1. The van der Waals surface area contributed by atoms with E-state index in [0.29, 0.717) is 6.42 Å². The minimum Gasteiger partial charge on any atom is -0.512 e. The van der Waals surface area contributed by atoms with Crippen LogP contribution in [0.15, 0.2) is 40.6 Å². The first-order chi connectivity index (χ1) is 8.54. The molecular formula is C15H19NO2. The number of hydrogen-bond acceptors (Lipinski definition) is 3. The largest absolute Gasteiger partial charge is 0.512 e. The summed E-state index contributed by atoms with van der Waals surface area (Å²) in [6.07, 6.45) is 2.73. The zero-order chi connectivity index (χ0) is 13.5. The Kier molecular flexibility index (Phi) is 5.31. The second-order valence-electron chi connectivity index (χ2n) is 4.26. The lowest BCUT2D eigenvalue weighted by atomic mass is 10.1. The number of aliphatic hydroxyl groups excluding tert-OH is 1. The number of benzene rings is 1. The third-order valence-electron chi connectivity index (χ3n) is 2.55. The van der Waals surface area contributed by atoms with Crippen molar-refractivity contribution >= 4 is 17.7 Å². The number of Topliss-reactive ketones (excluding diaryl/α,β-unsaturated/α-hetero) is 1. The van der Waals surface area contributed by atoms with Crippen LogP contribution in [-0.4, -0.2) is 17.1 Å². The number of hydrogen-bond donors (Lipinski definition) is 1. The van der Waals surface area contributed by atoms with Crippen LogP contribution in [0.5, 0.6) is 0 Å². The quantitative estimate of drug-likeness (QED) is 0.486. The van der Waals surface area contributed by atoms with Gasteiger partial charge in [-0.3, -0.25) is 9.79 Å². The monoisotopic (exact) mass is 245 g/mol. The van der Waals surface area contributed by atoms with E-state index >= 15 is 0 Å². The van der Waals surface area contributed by atoms with E-state index in [0.717, 1.165) is 17.7 Å². The molecule has 0 unspecified atom stereocenters. The average Bonchev–Trinajstić information content (AvgIpc) is 2.31. The molecule has 0 aliphatic rings. The van der Waals surface area contributed by atoms with Crippen LogP contribution in [0.1, 0.15) is 32.3 Å². The Bertz CT molecular complexity index is 470. The fraction of sp³-hybridized carbons (Fsp3) is 0.333. The van der Waals surface area contributed by atoms with E-state index in [1.807, 2.05) is 38.1 Å². The van der Waals surface area contributed by atoms with Gasteiger partial charge in [-0.1, -0.05) is 24.6 Å². The molecule has 0 bridgehead atoms. The second-order valence-corrected chi connectivity index (χ2v) is 4.26. The van der Waals surface area contributed by atoms with E-state index in [1.165, 1.54) is 13.1 Å². The van der Waals surface area contributed by atoms with Gasteiger partial charge in [-0.15, -0.1) is 0 Å². The topological polar surface area (TPSA) is 49.7 Å². The van der Waals surface area contributed by atoms with Crippen molar-refractivity contribution < 1.29 is 9.90 Å². The normalized spacial score (nSPS) is 12.6. The summed E-state index contributed by atoms with van der Waals surface area (Å²) >= 11 is 0. The van der Waals surface area contributed by atoms with Gasteiger partial charge >= 0.3 is 0 Å². The van der Waals surface area contributed by atoms with Crippen molar-refractivity contribution in [3.63, 3.8) is 0 Å². The Balaban J connectivity index is 2.94. The van der Waals surface area contributed by atoms with E-state index in [4.69, 9.17) is 0 Å². The van der Waals surface area contributed by atoms with Gasteiger partial charge < -0.3 is 5.11 Å². The van der Waals surface area contributed by atoms with Crippen molar-refractivity contribution in [2.45, 2.75) is 33.6 Å². The molecule has 0 radical (unpaired) electrons. The first kappa shape index (κ1) is 14.2. The van der Waals surface area contributed by atoms with E-state index in [-0.39, 0.29) is 17.1 Å². The Morgan fingerprint density at radius 1 is 1.33 bits per heavy atom. The molecule has 1 N–H and O–H groups in total. The summed E-state index contributed by atoms with van der Waals surface area (Å²) in [6.45, 7) is 5.38. The van der Waals surface area contributed by atoms with E-state index < -0.39 is 0 Å². The first-order valence-corrected chi connectivity index (χ1v) is 6.08. The minimum atomic E-state index is -0.170. The highest BCUT2D eigenvalue weighted by Crippen LogP contribution is 2.14. The molecule has 1 aromatic rings. The molecule has 3 nitrogen and oxygen atoms in total. The smallest absolute Gasteiger partial charge is 0.164 e. The molecule has 0 aromatic heterocycles. The Hall–Kier alpha value is -1.90. The lowest BCUT2D eigenvalue weighted by Gasteiger charge is -2.02. The van der Waals surface area contributed by atoms with Crippen molar-refractivity contribution in [1.82, 2.24) is 0 Å². The maximum atomic E-state index is 11.4. The molecule has 96 valence electrons. The highest BCUT2D eigenvalue weighted by atomic mass is 16.3. The van der Waals surface area contributed by atoms with Crippen LogP contribution in [0.2, 0.25) is 0 Å². The molecule has 0 atom stereocenters. The molecule has 0 aliphatic carbocycles. The van der Waals surface area contributed by atoms with Crippen LogP contribution in [0.3, 0.4) is 0 Å². The Morgan fingerprint density at radius 3 is 2.44 bits per heavy atom. The predicted molar refractivity (Wildman–Crippen MR) is 74.6 cm³/mol. The standard InChI is InChI=1S/C15H19NO2/c1-4-5-15(18)14(12(3)17)10-16-13-8-6-11(2)7-9-13/h6-10,18H,4-5H2,1-3H3. The molecule has 0 fully saturated rings. The van der Waals surface area contributed by atoms with Gasteiger partial charge in [0.2, 0.25) is 0 Å². The molecular weight excluding hydrogens is 226 g/mol. The third kappa shape index (κ3) is 4.17. The van der Waals surface area contributed by atoms with E-state index in [2.05, 4.69) is 4.99 Å². The molecule has 0 heterocycles. The number of aryl methyl sites for hydroxylation is 1. The molecule has 0 spiro atoms. The first-order valence-electron chi connectivity index (χ1n) is 6.08. The Labute approximate surface area is 108 Å². The van der Waals surface area contributed by atoms with Gasteiger partial charge in [0.1, 0.15) is 5.76 Å². The summed E-state index contributed by atoms with van der Waals surface area (Å²) in [4.78, 5) is 15.6. The molecule has 0 aliphatic heterocycles. The van der Waals surface area contributed by atoms with Crippen molar-refractivity contribution in [1.29, 1.82) is 0 Å². The number of carbonyl (C=O) groups excluding carboxylic acids is 1. The van der Waals surface area contributed by atoms with Gasteiger partial charge in [-0.2, -0.15) is 0 Å². The maximum Gasteiger partial charge on any atom is 0.164 e. The number of allylic oxidation sites excluding steroid dienone is 2. The SMILES string of the molecule is CCCC(O)=C(C=Nc1ccc(C)cc1)C(C)=O. The zero-order valence-corrected chi connectivity index (χ0v) is 11.1. The number of ketones is 1. The number of nitrogens with zero attached hydrogens (tertiary/aromatic N) is 1. The summed E-state index contributed by atoms with van der Waals surface area (Å²) in [6, 6.07) is 7.66. The van der Waals surface area contributed by atoms with Crippen LogP contribution in [0.25, 0.3) is 0 Å². The highest BCUT2D eigenvalue weighted by molar-refractivity contribution is 6.13. The number of aliphatic hydroxyl groups is 1. The lowest BCUT2D eigenvalue weighted by Crippen LogP contribution is -2.03. The van der Waals surface area contributed by atoms with Gasteiger partial charge in [-0.25, -0.2) is 0 Å². The van der Waals surface area contributed by atoms with Crippen LogP contribution >= 0.6 is 0 Å². The summed E-state index contributed by atoms with van der Waals surface area (Å²) in [7, 11) is 0. The van der Waals surface area contributed by atoms with E-state index in [1.54, 1.807) is 0 Å². The summed E-state index contributed by atoms with van der Waals surface area (Å²) in [5.74, 6) is -0.0577. The van der Waals surface area contributed by atoms with Crippen LogP contribution < -0.4 is 0 Å². The second kappa shape index (κ2) is 6.74. The van der Waals surface area contributed by atoms with Crippen molar-refractivity contribution in [3.8, 4) is 0 Å². The number of carbonyl (C=O) groups is 1. The summed E-state index contributed by atoms with van der Waals surface area (Å²) < 4.78 is 0. The van der Waals surface area contributed by atoms with Crippen molar-refractivity contribution in [2.75, 3.05) is 0 Å². The van der Waals surface area contributed by atoms with Crippen LogP contribution in [0.4, 0.5) is 5.69 Å². The van der Waals surface area contributed by atoms with Gasteiger partial charge in [0.15, 0.2) is 5.78 Å². The van der Waals surface area contributed by atoms with Gasteiger partial charge in [-0.05, 0) is 32.4 Å². The van der Waals surface area contributed by atoms with Gasteiger partial charge in [0.05, 0.1) is 11.3 Å². The lowest BCUT2D eigenvalue weighted by molar-refractivity contribution is -0.113. The molecule has 18 heavy (non-hydrogen) atoms. The average molecular weight is 245 g/mol. The van der Waals surface area contributed by atoms with Crippen molar-refractivity contribution in [3.05, 3.63) is 41.2 Å². The Morgan fingerprint density at radius 2 is 1.94 bits per heavy atom. The summed E-state index contributed by atoms with van der Waals surface area (Å²) in [5.41, 5.74) is 2.21. The van der Waals surface area contributed by atoms with E-state index in [9.17, 15) is 9.90 Å².